The van der Waals surface area contributed by atoms with E-state index in [9.17, 15) is 0 Å². The Kier molecular flexibility index (Phi) is 2.75. The highest BCUT2D eigenvalue weighted by Crippen LogP contribution is 2.35. The Morgan fingerprint density at radius 3 is 2.74 bits per heavy atom. The molecule has 1 atom stereocenters. The lowest BCUT2D eigenvalue weighted by Gasteiger charge is -2.21. The van der Waals surface area contributed by atoms with E-state index in [1.807, 2.05) is 0 Å². The Morgan fingerprint density at radius 1 is 0.870 bits per heavy atom. The second-order valence-electron chi connectivity index (χ2n) is 6.36. The first-order valence-corrected chi connectivity index (χ1v) is 8.22. The molecule has 0 saturated heterocycles. The second-order valence-corrected chi connectivity index (χ2v) is 6.36. The molecule has 110 valence electrons. The third-order valence-electron chi connectivity index (χ3n) is 5.05. The van der Waals surface area contributed by atoms with Gasteiger partial charge < -0.3 is 0 Å². The molecule has 0 spiro atoms. The Labute approximate surface area is 135 Å². The zero-order valence-electron chi connectivity index (χ0n) is 12.9. The highest BCUT2D eigenvalue weighted by Gasteiger charge is 2.23. The summed E-state index contributed by atoms with van der Waals surface area (Å²) < 4.78 is 0. The monoisotopic (exact) mass is 295 g/mol. The molecule has 3 aromatic carbocycles. The van der Waals surface area contributed by atoms with Gasteiger partial charge >= 0.3 is 0 Å². The summed E-state index contributed by atoms with van der Waals surface area (Å²) in [6, 6.07) is 22.0. The summed E-state index contributed by atoms with van der Waals surface area (Å²) in [7, 11) is 0. The van der Waals surface area contributed by atoms with E-state index in [2.05, 4.69) is 73.0 Å². The van der Waals surface area contributed by atoms with Crippen LogP contribution in [0, 0.1) is 5.92 Å². The SMILES string of the molecule is C1=NCc2ccc3ccccc3c2C2=c3ccccc3=CCC12. The summed E-state index contributed by atoms with van der Waals surface area (Å²) in [5, 5.41) is 5.39. The van der Waals surface area contributed by atoms with Gasteiger partial charge in [0.05, 0.1) is 6.54 Å². The molecule has 0 saturated carbocycles. The van der Waals surface area contributed by atoms with E-state index in [1.54, 1.807) is 0 Å². The topological polar surface area (TPSA) is 12.4 Å². The molecule has 2 aliphatic rings. The predicted octanol–water partition coefficient (Wildman–Crippen LogP) is 3.42. The summed E-state index contributed by atoms with van der Waals surface area (Å²) in [6.07, 6.45) is 5.56. The van der Waals surface area contributed by atoms with Crippen LogP contribution < -0.4 is 10.4 Å². The van der Waals surface area contributed by atoms with Crippen molar-refractivity contribution in [3.05, 3.63) is 82.2 Å². The first-order valence-electron chi connectivity index (χ1n) is 8.22. The van der Waals surface area contributed by atoms with Gasteiger partial charge in [-0.1, -0.05) is 66.7 Å². The normalized spacial score (nSPS) is 18.6. The zero-order chi connectivity index (χ0) is 15.2. The van der Waals surface area contributed by atoms with Crippen molar-refractivity contribution in [3.8, 4) is 0 Å². The molecule has 1 nitrogen and oxygen atoms in total. The quantitative estimate of drug-likeness (QED) is 0.602. The number of nitrogens with zero attached hydrogens (tertiary/aromatic N) is 1. The van der Waals surface area contributed by atoms with E-state index in [-0.39, 0.29) is 0 Å². The van der Waals surface area contributed by atoms with E-state index in [0.717, 1.165) is 13.0 Å². The molecule has 0 bridgehead atoms. The molecule has 0 radical (unpaired) electrons. The number of hydrogen-bond acceptors (Lipinski definition) is 1. The fourth-order valence-electron chi connectivity index (χ4n) is 3.99. The van der Waals surface area contributed by atoms with Crippen molar-refractivity contribution in [2.75, 3.05) is 0 Å². The van der Waals surface area contributed by atoms with Crippen molar-refractivity contribution >= 4 is 28.6 Å². The fraction of sp³-hybridized carbons (Fsp3) is 0.136. The van der Waals surface area contributed by atoms with Crippen molar-refractivity contribution in [3.63, 3.8) is 0 Å². The molecule has 23 heavy (non-hydrogen) atoms. The smallest absolute Gasteiger partial charge is 0.0642 e. The minimum absolute atomic E-state index is 0.386. The van der Waals surface area contributed by atoms with E-state index < -0.39 is 0 Å². The fourth-order valence-corrected chi connectivity index (χ4v) is 3.99. The summed E-state index contributed by atoms with van der Waals surface area (Å²) >= 11 is 0. The Hall–Kier alpha value is -2.67. The lowest BCUT2D eigenvalue weighted by molar-refractivity contribution is 0.931. The first-order chi connectivity index (χ1) is 11.4. The zero-order valence-corrected chi connectivity index (χ0v) is 12.9. The van der Waals surface area contributed by atoms with E-state index in [4.69, 9.17) is 4.99 Å². The van der Waals surface area contributed by atoms with Gasteiger partial charge in [0.2, 0.25) is 0 Å². The third kappa shape index (κ3) is 1.90. The van der Waals surface area contributed by atoms with Gasteiger partial charge in [-0.25, -0.2) is 0 Å². The van der Waals surface area contributed by atoms with E-state index in [1.165, 1.54) is 37.9 Å². The molecule has 1 aliphatic carbocycles. The largest absolute Gasteiger partial charge is 0.292 e. The van der Waals surface area contributed by atoms with Gasteiger partial charge in [0.1, 0.15) is 0 Å². The summed E-state index contributed by atoms with van der Waals surface area (Å²) in [6.45, 7) is 0.780. The highest BCUT2D eigenvalue weighted by molar-refractivity contribution is 5.99. The van der Waals surface area contributed by atoms with Crippen molar-refractivity contribution in [1.82, 2.24) is 0 Å². The molecule has 3 aromatic rings. The summed E-state index contributed by atoms with van der Waals surface area (Å²) in [5.74, 6) is 0.386. The maximum atomic E-state index is 4.71. The van der Waals surface area contributed by atoms with Gasteiger partial charge in [-0.15, -0.1) is 0 Å². The minimum atomic E-state index is 0.386. The van der Waals surface area contributed by atoms with Crippen LogP contribution in [0.15, 0.2) is 65.7 Å². The highest BCUT2D eigenvalue weighted by atomic mass is 14.7. The molecule has 1 aliphatic heterocycles. The van der Waals surface area contributed by atoms with Crippen LogP contribution in [0.5, 0.6) is 0 Å². The standard InChI is InChI=1S/C22H17N/c1-3-7-19-15(5-1)9-11-17-13-23-14-18-12-10-16-6-2-4-8-20(16)22(18)21(17)19/h1-11,14,18H,12-13H2. The lowest BCUT2D eigenvalue weighted by atomic mass is 9.82. The van der Waals surface area contributed by atoms with Crippen LogP contribution in [-0.4, -0.2) is 6.21 Å². The molecule has 0 fully saturated rings. The molecule has 5 rings (SSSR count). The van der Waals surface area contributed by atoms with Crippen LogP contribution in [0.25, 0.3) is 22.4 Å². The Balaban J connectivity index is 2.01. The van der Waals surface area contributed by atoms with Gasteiger partial charge in [-0.05, 0) is 44.3 Å². The Morgan fingerprint density at radius 2 is 1.74 bits per heavy atom. The third-order valence-corrected chi connectivity index (χ3v) is 5.05. The predicted molar refractivity (Wildman–Crippen MR) is 96.9 cm³/mol. The summed E-state index contributed by atoms with van der Waals surface area (Å²) in [5.41, 5.74) is 4.21. The van der Waals surface area contributed by atoms with Crippen LogP contribution in [-0.2, 0) is 6.54 Å². The average Bonchev–Trinajstić information content (AvgIpc) is 2.81. The maximum absolute atomic E-state index is 4.71. The van der Waals surface area contributed by atoms with Gasteiger partial charge in [0, 0.05) is 12.1 Å². The number of aliphatic imine (C=N–C) groups is 1. The molecule has 0 N–H and O–H groups in total. The van der Waals surface area contributed by atoms with Gasteiger partial charge in [-0.2, -0.15) is 0 Å². The van der Waals surface area contributed by atoms with Crippen LogP contribution in [0.4, 0.5) is 0 Å². The number of hydrogen-bond donors (Lipinski definition) is 0. The van der Waals surface area contributed by atoms with Crippen molar-refractivity contribution in [2.45, 2.75) is 13.0 Å². The Bertz CT molecular complexity index is 1070. The van der Waals surface area contributed by atoms with Crippen molar-refractivity contribution < 1.29 is 0 Å². The van der Waals surface area contributed by atoms with E-state index in [0.29, 0.717) is 5.92 Å². The molecule has 0 amide bonds. The first kappa shape index (κ1) is 12.8. The lowest BCUT2D eigenvalue weighted by Crippen LogP contribution is -2.33. The molecular formula is C22H17N. The average molecular weight is 295 g/mol. The van der Waals surface area contributed by atoms with Crippen LogP contribution in [0.2, 0.25) is 0 Å². The van der Waals surface area contributed by atoms with Crippen molar-refractivity contribution in [2.24, 2.45) is 10.9 Å². The molecule has 1 heteroatoms. The van der Waals surface area contributed by atoms with Crippen LogP contribution in [0.3, 0.4) is 0 Å². The van der Waals surface area contributed by atoms with Gasteiger partial charge in [0.15, 0.2) is 0 Å². The van der Waals surface area contributed by atoms with Gasteiger partial charge in [-0.3, -0.25) is 4.99 Å². The second kappa shape index (κ2) is 4.92. The molecular weight excluding hydrogens is 278 g/mol. The van der Waals surface area contributed by atoms with Gasteiger partial charge in [0.25, 0.3) is 0 Å². The molecule has 1 heterocycles. The number of benzene rings is 3. The minimum Gasteiger partial charge on any atom is -0.292 e. The number of fused-ring (bicyclic) bond motifs is 6. The number of rotatable bonds is 0. The molecule has 1 unspecified atom stereocenters. The van der Waals surface area contributed by atoms with E-state index >= 15 is 0 Å². The summed E-state index contributed by atoms with van der Waals surface area (Å²) in [4.78, 5) is 4.71. The van der Waals surface area contributed by atoms with Crippen molar-refractivity contribution in [1.29, 1.82) is 0 Å². The molecule has 0 aromatic heterocycles. The van der Waals surface area contributed by atoms with Crippen LogP contribution >= 0.6 is 0 Å². The maximum Gasteiger partial charge on any atom is 0.0642 e. The van der Waals surface area contributed by atoms with Crippen LogP contribution in [0.1, 0.15) is 17.5 Å².